The van der Waals surface area contributed by atoms with Gasteiger partial charge < -0.3 is 9.55 Å². The summed E-state index contributed by atoms with van der Waals surface area (Å²) in [6, 6.07) is 8.78. The number of anilines is 1. The molecule has 0 fully saturated rings. The van der Waals surface area contributed by atoms with Gasteiger partial charge >= 0.3 is 6.92 Å². The van der Waals surface area contributed by atoms with Crippen LogP contribution in [0.2, 0.25) is 6.82 Å². The standard InChI is InChI=1S/C18H32BNO/c1-9-20(10-2)16-13-11-15(12-14-16)19(8)21-18(6,7)17(3,4)5/h11-14H,9-10H2,1-8H3. The monoisotopic (exact) mass is 289 g/mol. The van der Waals surface area contributed by atoms with Crippen LogP contribution in [0.4, 0.5) is 5.69 Å². The van der Waals surface area contributed by atoms with Gasteiger partial charge in [-0.25, -0.2) is 0 Å². The lowest BCUT2D eigenvalue weighted by atomic mass is 9.62. The molecule has 0 aliphatic heterocycles. The van der Waals surface area contributed by atoms with Gasteiger partial charge in [-0.2, -0.15) is 0 Å². The van der Waals surface area contributed by atoms with E-state index in [4.69, 9.17) is 4.65 Å². The Labute approximate surface area is 132 Å². The Balaban J connectivity index is 2.83. The van der Waals surface area contributed by atoms with Gasteiger partial charge in [0.1, 0.15) is 0 Å². The van der Waals surface area contributed by atoms with Gasteiger partial charge in [-0.15, -0.1) is 0 Å². The van der Waals surface area contributed by atoms with E-state index in [9.17, 15) is 0 Å². The third kappa shape index (κ3) is 4.51. The second kappa shape index (κ2) is 6.87. The Kier molecular flexibility index (Phi) is 5.92. The smallest absolute Gasteiger partial charge is 0.324 e. The summed E-state index contributed by atoms with van der Waals surface area (Å²) in [6.45, 7) is 19.7. The number of hydrogen-bond acceptors (Lipinski definition) is 2. The van der Waals surface area contributed by atoms with Gasteiger partial charge in [0.05, 0.1) is 5.60 Å². The van der Waals surface area contributed by atoms with Crippen LogP contribution in [0.1, 0.15) is 48.5 Å². The second-order valence-corrected chi connectivity index (χ2v) is 7.28. The Morgan fingerprint density at radius 1 is 0.952 bits per heavy atom. The molecular formula is C18H32BNO. The molecule has 0 unspecified atom stereocenters. The first-order valence-corrected chi connectivity index (χ1v) is 8.15. The zero-order valence-electron chi connectivity index (χ0n) is 15.2. The van der Waals surface area contributed by atoms with Crippen LogP contribution >= 0.6 is 0 Å². The fraction of sp³-hybridized carbons (Fsp3) is 0.667. The first kappa shape index (κ1) is 18.1. The third-order valence-corrected chi connectivity index (χ3v) is 4.77. The van der Waals surface area contributed by atoms with Crippen molar-refractivity contribution in [3.8, 4) is 0 Å². The average Bonchev–Trinajstić information content (AvgIpc) is 2.39. The Morgan fingerprint density at radius 3 is 1.81 bits per heavy atom. The molecule has 3 heteroatoms. The molecule has 1 aromatic rings. The normalized spacial score (nSPS) is 12.4. The predicted octanol–water partition coefficient (Wildman–Crippen LogP) is 4.20. The summed E-state index contributed by atoms with van der Waals surface area (Å²) in [5, 5.41) is 0. The minimum atomic E-state index is -0.163. The van der Waals surface area contributed by atoms with Crippen molar-refractivity contribution < 1.29 is 4.65 Å². The summed E-state index contributed by atoms with van der Waals surface area (Å²) in [7, 11) is 0. The lowest BCUT2D eigenvalue weighted by Gasteiger charge is -2.40. The van der Waals surface area contributed by atoms with Gasteiger partial charge in [-0.1, -0.05) is 39.7 Å². The summed E-state index contributed by atoms with van der Waals surface area (Å²) in [5.41, 5.74) is 2.47. The van der Waals surface area contributed by atoms with Crippen molar-refractivity contribution in [2.45, 2.75) is 60.9 Å². The average molecular weight is 289 g/mol. The van der Waals surface area contributed by atoms with E-state index in [1.165, 1.54) is 11.2 Å². The van der Waals surface area contributed by atoms with Crippen LogP contribution in [-0.4, -0.2) is 25.6 Å². The van der Waals surface area contributed by atoms with Crippen LogP contribution in [0.15, 0.2) is 24.3 Å². The topological polar surface area (TPSA) is 12.5 Å². The lowest BCUT2D eigenvalue weighted by molar-refractivity contribution is 0.000451. The number of nitrogens with zero attached hydrogens (tertiary/aromatic N) is 1. The van der Waals surface area contributed by atoms with Crippen molar-refractivity contribution in [1.82, 2.24) is 0 Å². The molecule has 0 heterocycles. The van der Waals surface area contributed by atoms with E-state index in [2.05, 4.69) is 84.5 Å². The molecule has 118 valence electrons. The van der Waals surface area contributed by atoms with Crippen molar-refractivity contribution in [3.63, 3.8) is 0 Å². The van der Waals surface area contributed by atoms with Crippen LogP contribution in [0.5, 0.6) is 0 Å². The molecule has 0 amide bonds. The van der Waals surface area contributed by atoms with Crippen molar-refractivity contribution in [2.24, 2.45) is 5.41 Å². The number of hydrogen-bond donors (Lipinski definition) is 0. The van der Waals surface area contributed by atoms with Gasteiger partial charge in [0.15, 0.2) is 0 Å². The van der Waals surface area contributed by atoms with Gasteiger partial charge in [0.25, 0.3) is 0 Å². The van der Waals surface area contributed by atoms with Crippen LogP contribution in [-0.2, 0) is 4.65 Å². The molecule has 0 atom stereocenters. The molecule has 0 bridgehead atoms. The molecule has 0 aliphatic carbocycles. The Bertz CT molecular complexity index is 430. The van der Waals surface area contributed by atoms with E-state index in [1.807, 2.05) is 0 Å². The molecular weight excluding hydrogens is 257 g/mol. The highest BCUT2D eigenvalue weighted by atomic mass is 16.5. The van der Waals surface area contributed by atoms with Gasteiger partial charge in [-0.3, -0.25) is 0 Å². The number of rotatable bonds is 6. The van der Waals surface area contributed by atoms with E-state index in [1.54, 1.807) is 0 Å². The minimum absolute atomic E-state index is 0.102. The lowest BCUT2D eigenvalue weighted by Crippen LogP contribution is -2.46. The molecule has 1 rings (SSSR count). The first-order valence-electron chi connectivity index (χ1n) is 8.15. The Hall–Kier alpha value is -0.955. The van der Waals surface area contributed by atoms with E-state index < -0.39 is 0 Å². The second-order valence-electron chi connectivity index (χ2n) is 7.28. The van der Waals surface area contributed by atoms with Crippen LogP contribution in [0.25, 0.3) is 0 Å². The Morgan fingerprint density at radius 2 is 1.43 bits per heavy atom. The fourth-order valence-corrected chi connectivity index (χ4v) is 2.23. The number of benzene rings is 1. The molecule has 0 saturated carbocycles. The summed E-state index contributed by atoms with van der Waals surface area (Å²) in [4.78, 5) is 2.36. The maximum absolute atomic E-state index is 6.33. The highest BCUT2D eigenvalue weighted by molar-refractivity contribution is 6.66. The highest BCUT2D eigenvalue weighted by Gasteiger charge is 2.35. The molecule has 0 saturated heterocycles. The van der Waals surface area contributed by atoms with Crippen LogP contribution in [0, 0.1) is 5.41 Å². The zero-order chi connectivity index (χ0) is 16.3. The SMILES string of the molecule is CCN(CC)c1ccc(B(C)OC(C)(C)C(C)(C)C)cc1. The quantitative estimate of drug-likeness (QED) is 0.728. The van der Waals surface area contributed by atoms with Crippen molar-refractivity contribution in [1.29, 1.82) is 0 Å². The molecule has 21 heavy (non-hydrogen) atoms. The molecule has 0 aliphatic rings. The van der Waals surface area contributed by atoms with Crippen molar-refractivity contribution >= 4 is 18.1 Å². The zero-order valence-corrected chi connectivity index (χ0v) is 15.2. The largest absolute Gasteiger partial charge is 0.426 e. The molecule has 0 N–H and O–H groups in total. The predicted molar refractivity (Wildman–Crippen MR) is 95.9 cm³/mol. The molecule has 1 aromatic carbocycles. The molecule has 0 spiro atoms. The van der Waals surface area contributed by atoms with E-state index in [-0.39, 0.29) is 17.9 Å². The van der Waals surface area contributed by atoms with Crippen LogP contribution < -0.4 is 10.4 Å². The van der Waals surface area contributed by atoms with E-state index >= 15 is 0 Å². The molecule has 0 radical (unpaired) electrons. The summed E-state index contributed by atoms with van der Waals surface area (Å²) < 4.78 is 6.33. The van der Waals surface area contributed by atoms with Crippen molar-refractivity contribution in [2.75, 3.05) is 18.0 Å². The van der Waals surface area contributed by atoms with E-state index in [0.717, 1.165) is 13.1 Å². The minimum Gasteiger partial charge on any atom is -0.426 e. The summed E-state index contributed by atoms with van der Waals surface area (Å²) in [6.07, 6.45) is 0. The van der Waals surface area contributed by atoms with Crippen LogP contribution in [0.3, 0.4) is 0 Å². The highest BCUT2D eigenvalue weighted by Crippen LogP contribution is 2.33. The fourth-order valence-electron chi connectivity index (χ4n) is 2.23. The summed E-state index contributed by atoms with van der Waals surface area (Å²) in [5.74, 6) is 0. The van der Waals surface area contributed by atoms with Gasteiger partial charge in [-0.05, 0) is 50.7 Å². The maximum Gasteiger partial charge on any atom is 0.324 e. The van der Waals surface area contributed by atoms with E-state index in [0.29, 0.717) is 0 Å². The summed E-state index contributed by atoms with van der Waals surface area (Å²) >= 11 is 0. The molecule has 2 nitrogen and oxygen atoms in total. The van der Waals surface area contributed by atoms with Gasteiger partial charge in [0, 0.05) is 18.8 Å². The maximum atomic E-state index is 6.33. The molecule has 0 aromatic heterocycles. The van der Waals surface area contributed by atoms with Crippen molar-refractivity contribution in [3.05, 3.63) is 24.3 Å². The third-order valence-electron chi connectivity index (χ3n) is 4.77. The van der Waals surface area contributed by atoms with Gasteiger partial charge in [0.2, 0.25) is 0 Å². The first-order chi connectivity index (χ1) is 9.62.